The lowest BCUT2D eigenvalue weighted by molar-refractivity contribution is 0.0939. The molecule has 0 aromatic heterocycles. The van der Waals surface area contributed by atoms with Crippen LogP contribution in [-0.4, -0.2) is 16.9 Å². The van der Waals surface area contributed by atoms with Gasteiger partial charge in [-0.1, -0.05) is 38.2 Å². The summed E-state index contributed by atoms with van der Waals surface area (Å²) in [6.07, 6.45) is 0. The maximum Gasteiger partial charge on any atom is 0.252 e. The van der Waals surface area contributed by atoms with Crippen LogP contribution in [0.25, 0.3) is 0 Å². The Kier molecular flexibility index (Phi) is 4.84. The highest BCUT2D eigenvalue weighted by molar-refractivity contribution is 7.80. The summed E-state index contributed by atoms with van der Waals surface area (Å²) in [6.45, 7) is 7.88. The van der Waals surface area contributed by atoms with Gasteiger partial charge in [-0.3, -0.25) is 4.79 Å². The van der Waals surface area contributed by atoms with E-state index in [4.69, 9.17) is 18.0 Å². The second-order valence-electron chi connectivity index (χ2n) is 4.84. The van der Waals surface area contributed by atoms with Crippen LogP contribution in [0.4, 0.5) is 0 Å². The summed E-state index contributed by atoms with van der Waals surface area (Å²) in [7, 11) is 0. The van der Waals surface area contributed by atoms with E-state index in [1.165, 1.54) is 0 Å². The summed E-state index contributed by atoms with van der Waals surface area (Å²) < 4.78 is 0. The molecule has 0 saturated carbocycles. The molecule has 1 aromatic rings. The highest BCUT2D eigenvalue weighted by atomic mass is 32.1. The Balaban J connectivity index is 2.94. The van der Waals surface area contributed by atoms with Crippen LogP contribution in [0.3, 0.4) is 0 Å². The van der Waals surface area contributed by atoms with Gasteiger partial charge in [0, 0.05) is 5.56 Å². The molecule has 98 valence electrons. The molecule has 0 aliphatic carbocycles. The van der Waals surface area contributed by atoms with Gasteiger partial charge in [0.25, 0.3) is 5.91 Å². The van der Waals surface area contributed by atoms with Crippen LogP contribution in [0.5, 0.6) is 0 Å². The molecule has 1 unspecified atom stereocenters. The minimum atomic E-state index is -0.271. The normalized spacial score (nSPS) is 12.3. The minimum absolute atomic E-state index is 0.123. The quantitative estimate of drug-likeness (QED) is 0.821. The molecule has 1 rings (SSSR count). The summed E-state index contributed by atoms with van der Waals surface area (Å²) in [6, 6.07) is 5.41. The molecule has 1 aromatic carbocycles. The van der Waals surface area contributed by atoms with Gasteiger partial charge in [-0.05, 0) is 37.0 Å². The maximum absolute atomic E-state index is 12.2. The first-order valence-electron chi connectivity index (χ1n) is 6.01. The molecule has 0 fully saturated rings. The van der Waals surface area contributed by atoms with Gasteiger partial charge in [0.15, 0.2) is 0 Å². The predicted molar refractivity (Wildman–Crippen MR) is 78.8 cm³/mol. The van der Waals surface area contributed by atoms with Crippen molar-refractivity contribution in [1.29, 1.82) is 0 Å². The van der Waals surface area contributed by atoms with Crippen LogP contribution in [0.2, 0.25) is 0 Å². The van der Waals surface area contributed by atoms with E-state index in [1.807, 2.05) is 45.9 Å². The fourth-order valence-electron chi connectivity index (χ4n) is 1.78. The van der Waals surface area contributed by atoms with Crippen molar-refractivity contribution in [2.75, 3.05) is 0 Å². The molecule has 4 heteroatoms. The molecule has 3 N–H and O–H groups in total. The zero-order chi connectivity index (χ0) is 13.9. The van der Waals surface area contributed by atoms with Crippen LogP contribution in [0.1, 0.15) is 35.3 Å². The van der Waals surface area contributed by atoms with Crippen molar-refractivity contribution in [3.8, 4) is 0 Å². The zero-order valence-corrected chi connectivity index (χ0v) is 12.1. The minimum Gasteiger partial charge on any atom is -0.392 e. The topological polar surface area (TPSA) is 55.1 Å². The Morgan fingerprint density at radius 2 is 1.94 bits per heavy atom. The molecule has 0 radical (unpaired) electrons. The lowest BCUT2D eigenvalue weighted by Crippen LogP contribution is -2.47. The lowest BCUT2D eigenvalue weighted by atomic mass is 10.0. The van der Waals surface area contributed by atoms with Gasteiger partial charge in [-0.2, -0.15) is 0 Å². The molecule has 3 nitrogen and oxygen atoms in total. The summed E-state index contributed by atoms with van der Waals surface area (Å²) in [5.74, 6) is 0.0549. The number of nitrogens with two attached hydrogens (primary N) is 1. The molecule has 0 aliphatic rings. The Hall–Kier alpha value is -1.42. The third-order valence-electron chi connectivity index (χ3n) is 3.11. The number of benzene rings is 1. The number of carbonyl (C=O) groups excluding carboxylic acids is 1. The number of thiocarbonyl (C=S) groups is 1. The van der Waals surface area contributed by atoms with Crippen LogP contribution in [0.15, 0.2) is 18.2 Å². The van der Waals surface area contributed by atoms with E-state index in [2.05, 4.69) is 5.32 Å². The van der Waals surface area contributed by atoms with Crippen molar-refractivity contribution in [2.45, 2.75) is 33.7 Å². The van der Waals surface area contributed by atoms with E-state index < -0.39 is 0 Å². The second kappa shape index (κ2) is 5.96. The molecular weight excluding hydrogens is 244 g/mol. The van der Waals surface area contributed by atoms with E-state index in [1.54, 1.807) is 0 Å². The first-order valence-corrected chi connectivity index (χ1v) is 6.41. The maximum atomic E-state index is 12.2. The monoisotopic (exact) mass is 264 g/mol. The smallest absolute Gasteiger partial charge is 0.252 e. The fourth-order valence-corrected chi connectivity index (χ4v) is 2.11. The number of carbonyl (C=O) groups is 1. The molecular formula is C14H20N2OS. The standard InChI is InChI=1S/C14H20N2OS/c1-8(2)12(13(15)18)16-14(17)11-7-5-6-9(3)10(11)4/h5-8,12H,1-4H3,(H2,15,18)(H,16,17). The van der Waals surface area contributed by atoms with Crippen LogP contribution < -0.4 is 11.1 Å². The van der Waals surface area contributed by atoms with Gasteiger partial charge in [0.1, 0.15) is 0 Å². The number of rotatable bonds is 4. The van der Waals surface area contributed by atoms with Gasteiger partial charge in [0.2, 0.25) is 0 Å². The van der Waals surface area contributed by atoms with Crippen molar-refractivity contribution < 1.29 is 4.79 Å². The molecule has 0 bridgehead atoms. The number of aryl methyl sites for hydroxylation is 1. The van der Waals surface area contributed by atoms with Gasteiger partial charge < -0.3 is 11.1 Å². The Labute approximate surface area is 114 Å². The highest BCUT2D eigenvalue weighted by Gasteiger charge is 2.20. The molecule has 0 heterocycles. The highest BCUT2D eigenvalue weighted by Crippen LogP contribution is 2.13. The van der Waals surface area contributed by atoms with E-state index >= 15 is 0 Å². The molecule has 0 aliphatic heterocycles. The second-order valence-corrected chi connectivity index (χ2v) is 5.32. The number of hydrogen-bond donors (Lipinski definition) is 2. The average Bonchev–Trinajstić information content (AvgIpc) is 2.28. The third kappa shape index (κ3) is 3.29. The molecule has 0 spiro atoms. The largest absolute Gasteiger partial charge is 0.392 e. The predicted octanol–water partition coefficient (Wildman–Crippen LogP) is 2.34. The van der Waals surface area contributed by atoms with Gasteiger partial charge in [0.05, 0.1) is 11.0 Å². The van der Waals surface area contributed by atoms with Crippen LogP contribution in [-0.2, 0) is 0 Å². The Morgan fingerprint density at radius 3 is 2.44 bits per heavy atom. The van der Waals surface area contributed by atoms with Crippen molar-refractivity contribution in [2.24, 2.45) is 11.7 Å². The van der Waals surface area contributed by atoms with Crippen LogP contribution >= 0.6 is 12.2 Å². The zero-order valence-electron chi connectivity index (χ0n) is 11.3. The van der Waals surface area contributed by atoms with Crippen LogP contribution in [0, 0.1) is 19.8 Å². The van der Waals surface area contributed by atoms with E-state index in [0.29, 0.717) is 10.6 Å². The average molecular weight is 264 g/mol. The Morgan fingerprint density at radius 1 is 1.33 bits per heavy atom. The van der Waals surface area contributed by atoms with Gasteiger partial charge >= 0.3 is 0 Å². The molecule has 0 saturated heterocycles. The summed E-state index contributed by atoms with van der Waals surface area (Å²) in [4.78, 5) is 12.5. The van der Waals surface area contributed by atoms with E-state index in [9.17, 15) is 4.79 Å². The third-order valence-corrected chi connectivity index (χ3v) is 3.36. The fraction of sp³-hybridized carbons (Fsp3) is 0.429. The number of hydrogen-bond acceptors (Lipinski definition) is 2. The van der Waals surface area contributed by atoms with Crippen molar-refractivity contribution in [3.05, 3.63) is 34.9 Å². The van der Waals surface area contributed by atoms with Gasteiger partial charge in [-0.25, -0.2) is 0 Å². The lowest BCUT2D eigenvalue weighted by Gasteiger charge is -2.21. The summed E-state index contributed by atoms with van der Waals surface area (Å²) in [5.41, 5.74) is 8.41. The van der Waals surface area contributed by atoms with E-state index in [-0.39, 0.29) is 17.9 Å². The SMILES string of the molecule is Cc1cccc(C(=O)NC(C(N)=S)C(C)C)c1C. The number of nitrogens with one attached hydrogen (secondary N) is 1. The summed E-state index contributed by atoms with van der Waals surface area (Å²) in [5, 5.41) is 2.90. The van der Waals surface area contributed by atoms with Crippen molar-refractivity contribution in [1.82, 2.24) is 5.32 Å². The van der Waals surface area contributed by atoms with Crippen molar-refractivity contribution in [3.63, 3.8) is 0 Å². The molecule has 1 atom stereocenters. The van der Waals surface area contributed by atoms with Crippen molar-refractivity contribution >= 4 is 23.1 Å². The van der Waals surface area contributed by atoms with E-state index in [0.717, 1.165) is 11.1 Å². The molecule has 1 amide bonds. The Bertz CT molecular complexity index is 469. The number of amides is 1. The summed E-state index contributed by atoms with van der Waals surface area (Å²) >= 11 is 4.98. The first kappa shape index (κ1) is 14.6. The molecule has 18 heavy (non-hydrogen) atoms. The first-order chi connectivity index (χ1) is 8.34. The van der Waals surface area contributed by atoms with Gasteiger partial charge in [-0.15, -0.1) is 0 Å².